The van der Waals surface area contributed by atoms with Crippen molar-refractivity contribution in [2.75, 3.05) is 6.54 Å². The molecular weight excluding hydrogens is 294 g/mol. The molecule has 114 valence electrons. The second-order valence-electron chi connectivity index (χ2n) is 4.83. The molecule has 0 aliphatic heterocycles. The van der Waals surface area contributed by atoms with Crippen molar-refractivity contribution in [2.45, 2.75) is 26.4 Å². The highest BCUT2D eigenvalue weighted by Gasteiger charge is 2.13. The summed E-state index contributed by atoms with van der Waals surface area (Å²) in [6.45, 7) is 2.80. The van der Waals surface area contributed by atoms with Crippen molar-refractivity contribution in [3.8, 4) is 0 Å². The fourth-order valence-corrected chi connectivity index (χ4v) is 2.37. The smallest absolute Gasteiger partial charge is 0.330 e. The van der Waals surface area contributed by atoms with Crippen molar-refractivity contribution in [3.63, 3.8) is 0 Å². The highest BCUT2D eigenvalue weighted by Crippen LogP contribution is 2.19. The predicted molar refractivity (Wildman–Crippen MR) is 80.7 cm³/mol. The molecule has 0 saturated carbocycles. The monoisotopic (exact) mass is 311 g/mol. The van der Waals surface area contributed by atoms with Gasteiger partial charge in [-0.25, -0.2) is 4.79 Å². The third kappa shape index (κ3) is 3.08. The number of hydrogen-bond acceptors (Lipinski definition) is 4. The Morgan fingerprint density at radius 3 is 2.67 bits per heavy atom. The molecule has 0 atom stereocenters. The van der Waals surface area contributed by atoms with Crippen molar-refractivity contribution < 1.29 is 0 Å². The van der Waals surface area contributed by atoms with Crippen molar-refractivity contribution >= 4 is 11.6 Å². The molecule has 2 N–H and O–H groups in total. The summed E-state index contributed by atoms with van der Waals surface area (Å²) in [7, 11) is 1.77. The van der Waals surface area contributed by atoms with Gasteiger partial charge in [-0.3, -0.25) is 18.6 Å². The molecule has 0 aliphatic carbocycles. The van der Waals surface area contributed by atoms with E-state index >= 15 is 0 Å². The van der Waals surface area contributed by atoms with Crippen LogP contribution in [0.2, 0.25) is 5.02 Å². The van der Waals surface area contributed by atoms with Gasteiger partial charge in [-0.2, -0.15) is 5.10 Å². The van der Waals surface area contributed by atoms with Crippen LogP contribution in [0, 0.1) is 6.92 Å². The summed E-state index contributed by atoms with van der Waals surface area (Å²) in [4.78, 5) is 24.1. The highest BCUT2D eigenvalue weighted by molar-refractivity contribution is 6.31. The maximum absolute atomic E-state index is 12.3. The lowest BCUT2D eigenvalue weighted by atomic mass is 10.3. The van der Waals surface area contributed by atoms with Gasteiger partial charge in [0.2, 0.25) is 0 Å². The number of halogens is 1. The third-order valence-corrected chi connectivity index (χ3v) is 3.80. The van der Waals surface area contributed by atoms with Crippen LogP contribution in [0.15, 0.2) is 21.9 Å². The van der Waals surface area contributed by atoms with Crippen LogP contribution in [0.4, 0.5) is 0 Å². The summed E-state index contributed by atoms with van der Waals surface area (Å²) < 4.78 is 4.27. The van der Waals surface area contributed by atoms with Gasteiger partial charge in [0.25, 0.3) is 5.56 Å². The SMILES string of the molecule is Cc1nn(C)c(Cn2ccc(=O)n(CCCN)c2=O)c1Cl. The molecule has 0 unspecified atom stereocenters. The van der Waals surface area contributed by atoms with Gasteiger partial charge in [0.1, 0.15) is 0 Å². The maximum Gasteiger partial charge on any atom is 0.331 e. The topological polar surface area (TPSA) is 87.8 Å². The lowest BCUT2D eigenvalue weighted by Gasteiger charge is -2.10. The molecule has 0 amide bonds. The molecule has 2 heterocycles. The van der Waals surface area contributed by atoms with Crippen LogP contribution in [-0.4, -0.2) is 25.5 Å². The van der Waals surface area contributed by atoms with Crippen molar-refractivity contribution in [1.29, 1.82) is 0 Å². The normalized spacial score (nSPS) is 11.0. The molecule has 2 aromatic heterocycles. The molecule has 0 aliphatic rings. The summed E-state index contributed by atoms with van der Waals surface area (Å²) in [6.07, 6.45) is 2.05. The lowest BCUT2D eigenvalue weighted by Crippen LogP contribution is -2.39. The van der Waals surface area contributed by atoms with E-state index in [1.807, 2.05) is 0 Å². The number of hydrogen-bond donors (Lipinski definition) is 1. The second-order valence-corrected chi connectivity index (χ2v) is 5.21. The number of nitrogens with two attached hydrogens (primary N) is 1. The first-order valence-corrected chi connectivity index (χ1v) is 7.01. The first-order valence-electron chi connectivity index (χ1n) is 6.64. The predicted octanol–water partition coefficient (Wildman–Crippen LogP) is 0.102. The summed E-state index contributed by atoms with van der Waals surface area (Å²) in [5.41, 5.74) is 6.17. The fraction of sp³-hybridized carbons (Fsp3) is 0.462. The van der Waals surface area contributed by atoms with Gasteiger partial charge in [-0.15, -0.1) is 0 Å². The molecule has 8 heteroatoms. The molecule has 0 fully saturated rings. The Morgan fingerprint density at radius 1 is 1.38 bits per heavy atom. The molecule has 0 saturated heterocycles. The van der Waals surface area contributed by atoms with Gasteiger partial charge < -0.3 is 5.73 Å². The van der Waals surface area contributed by atoms with Crippen LogP contribution in [0.1, 0.15) is 17.8 Å². The van der Waals surface area contributed by atoms with E-state index in [1.54, 1.807) is 18.7 Å². The number of rotatable bonds is 5. The summed E-state index contributed by atoms with van der Waals surface area (Å²) >= 11 is 6.19. The second kappa shape index (κ2) is 6.28. The first kappa shape index (κ1) is 15.5. The van der Waals surface area contributed by atoms with E-state index in [-0.39, 0.29) is 17.8 Å². The Bertz CT molecular complexity index is 759. The molecule has 21 heavy (non-hydrogen) atoms. The largest absolute Gasteiger partial charge is 0.331 e. The summed E-state index contributed by atoms with van der Waals surface area (Å²) in [5, 5.41) is 4.74. The Balaban J connectivity index is 2.41. The molecule has 0 spiro atoms. The zero-order valence-electron chi connectivity index (χ0n) is 12.0. The minimum atomic E-state index is -0.370. The van der Waals surface area contributed by atoms with E-state index in [0.29, 0.717) is 30.2 Å². The van der Waals surface area contributed by atoms with Gasteiger partial charge in [-0.05, 0) is 19.9 Å². The quantitative estimate of drug-likeness (QED) is 0.848. The van der Waals surface area contributed by atoms with Crippen molar-refractivity contribution in [2.24, 2.45) is 12.8 Å². The highest BCUT2D eigenvalue weighted by atomic mass is 35.5. The van der Waals surface area contributed by atoms with Crippen LogP contribution in [0.5, 0.6) is 0 Å². The zero-order valence-corrected chi connectivity index (χ0v) is 12.8. The van der Waals surface area contributed by atoms with Crippen LogP contribution >= 0.6 is 11.6 Å². The number of nitrogens with zero attached hydrogens (tertiary/aromatic N) is 4. The van der Waals surface area contributed by atoms with E-state index in [9.17, 15) is 9.59 Å². The van der Waals surface area contributed by atoms with E-state index in [1.165, 1.54) is 21.4 Å². The third-order valence-electron chi connectivity index (χ3n) is 3.31. The number of aryl methyl sites for hydroxylation is 2. The molecule has 2 rings (SSSR count). The average molecular weight is 312 g/mol. The Morgan fingerprint density at radius 2 is 2.10 bits per heavy atom. The molecule has 2 aromatic rings. The minimum absolute atomic E-state index is 0.262. The van der Waals surface area contributed by atoms with E-state index in [0.717, 1.165) is 5.69 Å². The zero-order chi connectivity index (χ0) is 15.6. The molecular formula is C13H18ClN5O2. The van der Waals surface area contributed by atoms with Gasteiger partial charge in [0.05, 0.1) is 23.0 Å². The summed E-state index contributed by atoms with van der Waals surface area (Å²) in [5.74, 6) is 0. The van der Waals surface area contributed by atoms with Crippen molar-refractivity contribution in [1.82, 2.24) is 18.9 Å². The van der Waals surface area contributed by atoms with Crippen LogP contribution < -0.4 is 17.0 Å². The lowest BCUT2D eigenvalue weighted by molar-refractivity contribution is 0.544. The van der Waals surface area contributed by atoms with E-state index in [2.05, 4.69) is 5.10 Å². The van der Waals surface area contributed by atoms with Gasteiger partial charge in [0, 0.05) is 25.9 Å². The van der Waals surface area contributed by atoms with E-state index in [4.69, 9.17) is 17.3 Å². The van der Waals surface area contributed by atoms with Crippen LogP contribution in [0.25, 0.3) is 0 Å². The molecule has 7 nitrogen and oxygen atoms in total. The fourth-order valence-electron chi connectivity index (χ4n) is 2.15. The molecule has 0 aromatic carbocycles. The van der Waals surface area contributed by atoms with Gasteiger partial charge >= 0.3 is 5.69 Å². The first-order chi connectivity index (χ1) is 9.95. The Kier molecular flexibility index (Phi) is 4.64. The average Bonchev–Trinajstić information content (AvgIpc) is 2.68. The van der Waals surface area contributed by atoms with Crippen LogP contribution in [0.3, 0.4) is 0 Å². The Labute approximate surface area is 126 Å². The maximum atomic E-state index is 12.3. The minimum Gasteiger partial charge on any atom is -0.330 e. The van der Waals surface area contributed by atoms with Gasteiger partial charge in [0.15, 0.2) is 0 Å². The Hall–Kier alpha value is -1.86. The van der Waals surface area contributed by atoms with Crippen LogP contribution in [-0.2, 0) is 20.1 Å². The molecule has 0 radical (unpaired) electrons. The van der Waals surface area contributed by atoms with Gasteiger partial charge in [-0.1, -0.05) is 11.6 Å². The summed E-state index contributed by atoms with van der Waals surface area (Å²) in [6, 6.07) is 1.37. The number of aromatic nitrogens is 4. The molecule has 0 bridgehead atoms. The standard InChI is InChI=1S/C13H18ClN5O2/c1-9-12(14)10(17(2)16-9)8-18-7-4-11(20)19(13(18)21)6-3-5-15/h4,7H,3,5-6,8,15H2,1-2H3. The van der Waals surface area contributed by atoms with E-state index < -0.39 is 0 Å². The van der Waals surface area contributed by atoms with Crippen molar-refractivity contribution in [3.05, 3.63) is 49.5 Å².